The summed E-state index contributed by atoms with van der Waals surface area (Å²) in [5, 5.41) is 3.61. The number of aromatic nitrogens is 1. The van der Waals surface area contributed by atoms with Gasteiger partial charge in [-0.05, 0) is 138 Å². The topological polar surface area (TPSA) is 24.6 Å². The first-order valence-corrected chi connectivity index (χ1v) is 27.2. The molecule has 10 aromatic rings. The Morgan fingerprint density at radius 1 is 0.440 bits per heavy atom. The minimum Gasteiger partial charge on any atom is -0.466 e. The van der Waals surface area contributed by atoms with Crippen LogP contribution in [0.3, 0.4) is 0 Å². The second kappa shape index (κ2) is 16.6. The van der Waals surface area contributed by atoms with Gasteiger partial charge >= 0.3 is 6.85 Å². The zero-order chi connectivity index (χ0) is 52.9. The van der Waals surface area contributed by atoms with Gasteiger partial charge in [0.15, 0.2) is 0 Å². The third kappa shape index (κ3) is 7.86. The molecule has 0 N–H and O–H groups in total. The third-order valence-corrected chi connectivity index (χ3v) is 16.3. The molecular weight excluding hydrogens is 910 g/mol. The molecule has 0 amide bonds. The van der Waals surface area contributed by atoms with E-state index in [-0.39, 0.29) is 33.9 Å². The maximum absolute atomic E-state index is 7.53. The van der Waals surface area contributed by atoms with Gasteiger partial charge in [-0.25, -0.2) is 0 Å². The van der Waals surface area contributed by atoms with E-state index >= 15 is 0 Å². The van der Waals surface area contributed by atoms with E-state index in [2.05, 4.69) is 282 Å². The summed E-state index contributed by atoms with van der Waals surface area (Å²) < 4.78 is 10.2. The molecular formula is C70H72BN3O. The van der Waals surface area contributed by atoms with E-state index in [1.807, 2.05) is 0 Å². The summed E-state index contributed by atoms with van der Waals surface area (Å²) in [5.74, 6) is 0. The fourth-order valence-electron chi connectivity index (χ4n) is 12.0. The van der Waals surface area contributed by atoms with Crippen LogP contribution in [0, 0.1) is 0 Å². The standard InChI is InChI=1S/C70H72BN3O/c1-66(2,3)44-26-31-50(32-27-44)73-59-42-48(70(13,14)15)40-53-52-34-36-57(72(49-24-20-17-21-25-49)58-41-47(69(10,11)12)28-33-51(58)43-22-18-16-19-23-43)61-54-38-45(67(4,5)6)29-35-56(54)74(63(52)61)71(62(53)59)65-64(73)55-39-46(68(7,8)9)30-37-60(55)75-65/h16-42H,1-15H3. The lowest BCUT2D eigenvalue weighted by atomic mass is 9.47. The molecule has 376 valence electrons. The first kappa shape index (κ1) is 48.7. The molecule has 4 heterocycles. The normalized spacial score (nSPS) is 13.7. The Bertz CT molecular complexity index is 3900. The molecule has 12 rings (SSSR count). The number of anilines is 6. The van der Waals surface area contributed by atoms with Gasteiger partial charge in [-0.1, -0.05) is 201 Å². The van der Waals surface area contributed by atoms with E-state index in [1.54, 1.807) is 0 Å². The van der Waals surface area contributed by atoms with Gasteiger partial charge in [0, 0.05) is 55.4 Å². The summed E-state index contributed by atoms with van der Waals surface area (Å²) in [6.07, 6.45) is 0. The molecule has 0 fully saturated rings. The van der Waals surface area contributed by atoms with Crippen molar-refractivity contribution in [3.8, 4) is 22.3 Å². The average molecular weight is 982 g/mol. The number of benzene rings is 8. The van der Waals surface area contributed by atoms with Crippen molar-refractivity contribution in [3.05, 3.63) is 192 Å². The molecule has 0 aliphatic carbocycles. The second-order valence-electron chi connectivity index (χ2n) is 26.7. The summed E-state index contributed by atoms with van der Waals surface area (Å²) in [5.41, 5.74) is 23.4. The molecule has 4 nitrogen and oxygen atoms in total. The summed E-state index contributed by atoms with van der Waals surface area (Å²) in [7, 11) is 0. The summed E-state index contributed by atoms with van der Waals surface area (Å²) in [6.45, 7) is 34.6. The number of nitrogens with zero attached hydrogens (tertiary/aromatic N) is 3. The fourth-order valence-corrected chi connectivity index (χ4v) is 12.0. The van der Waals surface area contributed by atoms with Crippen LogP contribution in [0.4, 0.5) is 34.1 Å². The lowest BCUT2D eigenvalue weighted by molar-refractivity contribution is 0.590. The van der Waals surface area contributed by atoms with Crippen LogP contribution < -0.4 is 20.9 Å². The zero-order valence-corrected chi connectivity index (χ0v) is 46.9. The van der Waals surface area contributed by atoms with Crippen LogP contribution in [0.2, 0.25) is 0 Å². The number of para-hydroxylation sites is 1. The van der Waals surface area contributed by atoms with Crippen LogP contribution in [-0.2, 0) is 27.1 Å². The Kier molecular flexibility index (Phi) is 10.8. The van der Waals surface area contributed by atoms with Gasteiger partial charge in [0.05, 0.1) is 17.1 Å². The molecule has 5 heteroatoms. The van der Waals surface area contributed by atoms with Crippen LogP contribution in [0.15, 0.2) is 168 Å². The molecule has 0 unspecified atom stereocenters. The Labute approximate surface area is 446 Å². The number of hydrogen-bond acceptors (Lipinski definition) is 3. The third-order valence-electron chi connectivity index (χ3n) is 16.3. The molecule has 0 bridgehead atoms. The van der Waals surface area contributed by atoms with Crippen molar-refractivity contribution in [1.29, 1.82) is 0 Å². The van der Waals surface area contributed by atoms with Crippen LogP contribution in [0.1, 0.15) is 132 Å². The van der Waals surface area contributed by atoms with Crippen molar-refractivity contribution in [2.75, 3.05) is 9.80 Å². The smallest absolute Gasteiger partial charge is 0.375 e. The van der Waals surface area contributed by atoms with E-state index in [0.717, 1.165) is 45.1 Å². The largest absolute Gasteiger partial charge is 0.466 e. The van der Waals surface area contributed by atoms with Crippen molar-refractivity contribution in [2.45, 2.75) is 131 Å². The van der Waals surface area contributed by atoms with Crippen molar-refractivity contribution in [2.24, 2.45) is 0 Å². The van der Waals surface area contributed by atoms with Crippen LogP contribution >= 0.6 is 0 Å². The lowest BCUT2D eigenvalue weighted by Gasteiger charge is -2.40. The minimum absolute atomic E-state index is 0.0107. The minimum atomic E-state index is -0.271. The fraction of sp³-hybridized carbons (Fsp3) is 0.286. The second-order valence-corrected chi connectivity index (χ2v) is 26.7. The molecule has 75 heavy (non-hydrogen) atoms. The van der Waals surface area contributed by atoms with Gasteiger partial charge < -0.3 is 18.7 Å². The highest BCUT2D eigenvalue weighted by atomic mass is 16.3. The maximum atomic E-state index is 7.53. The van der Waals surface area contributed by atoms with E-state index in [9.17, 15) is 0 Å². The average Bonchev–Trinajstić information content (AvgIpc) is 4.01. The Balaban J connectivity index is 1.26. The highest BCUT2D eigenvalue weighted by Crippen LogP contribution is 2.54. The number of furan rings is 1. The lowest BCUT2D eigenvalue weighted by Crippen LogP contribution is -2.56. The molecule has 0 saturated heterocycles. The van der Waals surface area contributed by atoms with Gasteiger partial charge in [-0.3, -0.25) is 0 Å². The van der Waals surface area contributed by atoms with Gasteiger partial charge in [0.2, 0.25) is 0 Å². The van der Waals surface area contributed by atoms with E-state index in [0.29, 0.717) is 0 Å². The highest BCUT2D eigenvalue weighted by Gasteiger charge is 2.48. The molecule has 2 aromatic heterocycles. The van der Waals surface area contributed by atoms with Crippen molar-refractivity contribution < 1.29 is 4.42 Å². The van der Waals surface area contributed by atoms with Crippen molar-refractivity contribution >= 4 is 84.9 Å². The quantitative estimate of drug-likeness (QED) is 0.161. The van der Waals surface area contributed by atoms with E-state index < -0.39 is 0 Å². The van der Waals surface area contributed by atoms with Gasteiger partial charge in [0.25, 0.3) is 0 Å². The van der Waals surface area contributed by atoms with Crippen LogP contribution in [-0.4, -0.2) is 11.3 Å². The summed E-state index contributed by atoms with van der Waals surface area (Å²) in [4.78, 5) is 5.11. The Morgan fingerprint density at radius 3 is 1.61 bits per heavy atom. The van der Waals surface area contributed by atoms with Crippen LogP contribution in [0.5, 0.6) is 0 Å². The maximum Gasteiger partial charge on any atom is 0.375 e. The predicted molar refractivity (Wildman–Crippen MR) is 323 cm³/mol. The SMILES string of the molecule is CC(C)(C)c1ccc(N2c3cc(C(C)(C)C)cc4c3B(c3oc5ccc(C(C)(C)C)cc5c32)n2c3ccc(C(C)(C)C)cc3c3c(N(c5ccccc5)c5cc(C(C)(C)C)ccc5-c5ccccc5)ccc-4c32)cc1. The highest BCUT2D eigenvalue weighted by molar-refractivity contribution is 6.89. The predicted octanol–water partition coefficient (Wildman–Crippen LogP) is 18.6. The first-order chi connectivity index (χ1) is 35.4. The summed E-state index contributed by atoms with van der Waals surface area (Å²) >= 11 is 0. The Morgan fingerprint density at radius 2 is 0.987 bits per heavy atom. The first-order valence-electron chi connectivity index (χ1n) is 27.2. The van der Waals surface area contributed by atoms with Crippen molar-refractivity contribution in [3.63, 3.8) is 0 Å². The molecule has 8 aromatic carbocycles. The monoisotopic (exact) mass is 982 g/mol. The van der Waals surface area contributed by atoms with Gasteiger partial charge in [-0.15, -0.1) is 0 Å². The van der Waals surface area contributed by atoms with Gasteiger partial charge in [0.1, 0.15) is 11.2 Å². The Hall–Kier alpha value is -7.24. The van der Waals surface area contributed by atoms with Gasteiger partial charge in [-0.2, -0.15) is 0 Å². The number of hydrogen-bond donors (Lipinski definition) is 0. The summed E-state index contributed by atoms with van der Waals surface area (Å²) in [6, 6.07) is 62.5. The van der Waals surface area contributed by atoms with Crippen molar-refractivity contribution in [1.82, 2.24) is 4.48 Å². The van der Waals surface area contributed by atoms with E-state index in [1.165, 1.54) is 83.0 Å². The van der Waals surface area contributed by atoms with E-state index in [4.69, 9.17) is 4.42 Å². The van der Waals surface area contributed by atoms with Crippen LogP contribution in [0.25, 0.3) is 55.0 Å². The molecule has 0 saturated carbocycles. The molecule has 2 aliphatic heterocycles. The number of fused-ring (bicyclic) bond motifs is 9. The molecule has 2 aliphatic rings. The molecule has 0 radical (unpaired) electrons. The molecule has 0 spiro atoms. The number of rotatable bonds is 5. The zero-order valence-electron chi connectivity index (χ0n) is 46.9. The molecule has 0 atom stereocenters.